The maximum Gasteiger partial charge on any atom is 0.293 e. The number of Topliss-reactive ketones (excluding diaryl/α,β-unsaturated/α-hetero) is 1. The minimum atomic E-state index is -0.850. The maximum absolute atomic E-state index is 12.1. The van der Waals surface area contributed by atoms with Gasteiger partial charge in [0.05, 0.1) is 7.11 Å². The van der Waals surface area contributed by atoms with Gasteiger partial charge < -0.3 is 15.4 Å². The average Bonchev–Trinajstić information content (AvgIpc) is 3.03. The Bertz CT molecular complexity index is 711. The second-order valence-corrected chi connectivity index (χ2v) is 4.80. The molecule has 0 radical (unpaired) electrons. The summed E-state index contributed by atoms with van der Waals surface area (Å²) in [6.07, 6.45) is 0. The summed E-state index contributed by atoms with van der Waals surface area (Å²) in [5, 5.41) is 8.39. The lowest BCUT2D eigenvalue weighted by atomic mass is 10.2. The Kier molecular flexibility index (Phi) is 4.79. The predicted molar refractivity (Wildman–Crippen MR) is 79.3 cm³/mol. The number of nitrogens with one attached hydrogen (secondary N) is 2. The van der Waals surface area contributed by atoms with E-state index in [9.17, 15) is 14.4 Å². The molecular weight excluding hydrogens is 308 g/mol. The molecule has 22 heavy (non-hydrogen) atoms. The molecule has 114 valence electrons. The number of methoxy groups -OCH3 is 1. The van der Waals surface area contributed by atoms with Crippen molar-refractivity contribution in [1.29, 1.82) is 0 Å². The molecule has 0 aliphatic heterocycles. The first-order valence-corrected chi connectivity index (χ1v) is 6.88. The van der Waals surface area contributed by atoms with Crippen LogP contribution < -0.4 is 15.4 Å². The Morgan fingerprint density at radius 1 is 1.18 bits per heavy atom. The molecule has 0 unspecified atom stereocenters. The maximum atomic E-state index is 12.1. The monoisotopic (exact) mass is 320 g/mol. The molecule has 2 amide bonds. The summed E-state index contributed by atoms with van der Waals surface area (Å²) in [5.74, 6) is -1.66. The van der Waals surface area contributed by atoms with Gasteiger partial charge in [0.15, 0.2) is 5.69 Å². The topological polar surface area (TPSA) is 110 Å². The molecule has 0 bridgehead atoms. The van der Waals surface area contributed by atoms with E-state index in [1.807, 2.05) is 0 Å². The minimum Gasteiger partial charge on any atom is -0.497 e. The van der Waals surface area contributed by atoms with Gasteiger partial charge >= 0.3 is 0 Å². The zero-order valence-corrected chi connectivity index (χ0v) is 12.6. The van der Waals surface area contributed by atoms with Crippen LogP contribution >= 0.6 is 11.5 Å². The first-order valence-electron chi connectivity index (χ1n) is 6.11. The van der Waals surface area contributed by atoms with Crippen molar-refractivity contribution >= 4 is 34.8 Å². The van der Waals surface area contributed by atoms with E-state index in [-0.39, 0.29) is 10.6 Å². The van der Waals surface area contributed by atoms with Crippen LogP contribution in [0.1, 0.15) is 20.2 Å². The molecule has 2 N–H and O–H groups in total. The van der Waals surface area contributed by atoms with Crippen LogP contribution in [0.3, 0.4) is 0 Å². The number of likely N-dealkylation sites (N-methyl/N-ethyl adjacent to an activating group) is 1. The number of benzene rings is 1. The van der Waals surface area contributed by atoms with Gasteiger partial charge in [-0.2, -0.15) is 0 Å². The second kappa shape index (κ2) is 6.76. The Balaban J connectivity index is 2.18. The summed E-state index contributed by atoms with van der Waals surface area (Å²) in [7, 11) is 2.86. The van der Waals surface area contributed by atoms with E-state index in [4.69, 9.17) is 4.74 Å². The van der Waals surface area contributed by atoms with E-state index in [0.29, 0.717) is 23.0 Å². The van der Waals surface area contributed by atoms with Crippen molar-refractivity contribution in [3.63, 3.8) is 0 Å². The van der Waals surface area contributed by atoms with Crippen LogP contribution in [0, 0.1) is 0 Å². The minimum absolute atomic E-state index is 0.106. The Morgan fingerprint density at radius 2 is 1.86 bits per heavy atom. The van der Waals surface area contributed by atoms with Gasteiger partial charge in [-0.3, -0.25) is 14.4 Å². The summed E-state index contributed by atoms with van der Waals surface area (Å²) in [6, 6.07) is 6.62. The normalized spacial score (nSPS) is 9.91. The van der Waals surface area contributed by atoms with Gasteiger partial charge in [0.2, 0.25) is 0 Å². The van der Waals surface area contributed by atoms with Crippen molar-refractivity contribution < 1.29 is 19.1 Å². The van der Waals surface area contributed by atoms with Crippen molar-refractivity contribution in [3.8, 4) is 5.75 Å². The molecule has 2 aromatic rings. The third kappa shape index (κ3) is 3.26. The van der Waals surface area contributed by atoms with Crippen LogP contribution in [0.15, 0.2) is 24.3 Å². The Hall–Kier alpha value is -2.81. The SMILES string of the molecule is CNC(=O)C(=O)c1snnc1C(=O)Nc1ccc(OC)cc1. The first-order chi connectivity index (χ1) is 10.6. The van der Waals surface area contributed by atoms with Gasteiger partial charge in [-0.05, 0) is 35.8 Å². The highest BCUT2D eigenvalue weighted by Gasteiger charge is 2.26. The van der Waals surface area contributed by atoms with E-state index in [2.05, 4.69) is 20.2 Å². The number of anilines is 1. The standard InChI is InChI=1S/C13H12N4O4S/c1-14-13(20)10(18)11-9(16-17-22-11)12(19)15-7-3-5-8(21-2)6-4-7/h3-6H,1-2H3,(H,14,20)(H,15,19). The van der Waals surface area contributed by atoms with Crippen molar-refractivity contribution in [2.24, 2.45) is 0 Å². The summed E-state index contributed by atoms with van der Waals surface area (Å²) >= 11 is 0.694. The molecule has 2 rings (SSSR count). The van der Waals surface area contributed by atoms with Crippen LogP contribution in [0.5, 0.6) is 5.75 Å². The summed E-state index contributed by atoms with van der Waals surface area (Å²) in [6.45, 7) is 0. The highest BCUT2D eigenvalue weighted by atomic mass is 32.1. The van der Waals surface area contributed by atoms with Gasteiger partial charge in [0, 0.05) is 12.7 Å². The molecular formula is C13H12N4O4S. The van der Waals surface area contributed by atoms with Gasteiger partial charge in [-0.15, -0.1) is 5.10 Å². The zero-order valence-electron chi connectivity index (χ0n) is 11.7. The fourth-order valence-electron chi connectivity index (χ4n) is 1.57. The summed E-state index contributed by atoms with van der Waals surface area (Å²) in [5.41, 5.74) is 0.312. The number of hydrogen-bond donors (Lipinski definition) is 2. The number of carbonyl (C=O) groups is 3. The lowest BCUT2D eigenvalue weighted by Crippen LogP contribution is -2.28. The average molecular weight is 320 g/mol. The molecule has 0 saturated carbocycles. The number of ketones is 1. The number of ether oxygens (including phenoxy) is 1. The number of amides is 2. The molecule has 0 saturated heterocycles. The van der Waals surface area contributed by atoms with Gasteiger partial charge in [-0.1, -0.05) is 4.49 Å². The largest absolute Gasteiger partial charge is 0.497 e. The third-order valence-corrected chi connectivity index (χ3v) is 3.42. The highest BCUT2D eigenvalue weighted by molar-refractivity contribution is 7.09. The molecule has 0 fully saturated rings. The fourth-order valence-corrected chi connectivity index (χ4v) is 2.17. The molecule has 0 atom stereocenters. The molecule has 8 nitrogen and oxygen atoms in total. The fraction of sp³-hybridized carbons (Fsp3) is 0.154. The van der Waals surface area contributed by atoms with E-state index >= 15 is 0 Å². The summed E-state index contributed by atoms with van der Waals surface area (Å²) < 4.78 is 8.57. The van der Waals surface area contributed by atoms with Gasteiger partial charge in [0.25, 0.3) is 17.6 Å². The second-order valence-electron chi connectivity index (χ2n) is 4.04. The van der Waals surface area contributed by atoms with Crippen molar-refractivity contribution in [2.45, 2.75) is 0 Å². The number of hydrogen-bond acceptors (Lipinski definition) is 7. The Labute approximate surface area is 129 Å². The lowest BCUT2D eigenvalue weighted by Gasteiger charge is -2.05. The highest BCUT2D eigenvalue weighted by Crippen LogP contribution is 2.17. The molecule has 0 aliphatic carbocycles. The van der Waals surface area contributed by atoms with E-state index in [1.165, 1.54) is 14.2 Å². The Morgan fingerprint density at radius 3 is 2.45 bits per heavy atom. The van der Waals surface area contributed by atoms with Crippen LogP contribution in [0.25, 0.3) is 0 Å². The zero-order chi connectivity index (χ0) is 16.1. The van der Waals surface area contributed by atoms with Crippen LogP contribution in [-0.2, 0) is 4.79 Å². The molecule has 1 aromatic carbocycles. The molecule has 0 spiro atoms. The third-order valence-electron chi connectivity index (χ3n) is 2.69. The van der Waals surface area contributed by atoms with Crippen LogP contribution in [0.2, 0.25) is 0 Å². The van der Waals surface area contributed by atoms with Crippen LogP contribution in [-0.4, -0.2) is 41.3 Å². The van der Waals surface area contributed by atoms with E-state index < -0.39 is 17.6 Å². The molecule has 9 heteroatoms. The van der Waals surface area contributed by atoms with Gasteiger partial charge in [0.1, 0.15) is 10.6 Å². The van der Waals surface area contributed by atoms with Crippen molar-refractivity contribution in [3.05, 3.63) is 34.8 Å². The number of nitrogens with zero attached hydrogens (tertiary/aromatic N) is 2. The first kappa shape index (κ1) is 15.6. The van der Waals surface area contributed by atoms with E-state index in [0.717, 1.165) is 0 Å². The lowest BCUT2D eigenvalue weighted by molar-refractivity contribution is -0.116. The smallest absolute Gasteiger partial charge is 0.293 e. The predicted octanol–water partition coefficient (Wildman–Crippen LogP) is 0.728. The molecule has 1 aromatic heterocycles. The van der Waals surface area contributed by atoms with Crippen molar-refractivity contribution in [2.75, 3.05) is 19.5 Å². The number of aromatic nitrogens is 2. The van der Waals surface area contributed by atoms with Crippen LogP contribution in [0.4, 0.5) is 5.69 Å². The van der Waals surface area contributed by atoms with Crippen molar-refractivity contribution in [1.82, 2.24) is 14.9 Å². The number of rotatable bonds is 5. The number of carbonyl (C=O) groups excluding carboxylic acids is 3. The summed E-state index contributed by atoms with van der Waals surface area (Å²) in [4.78, 5) is 35.2. The molecule has 1 heterocycles. The quantitative estimate of drug-likeness (QED) is 0.620. The molecule has 0 aliphatic rings. The van der Waals surface area contributed by atoms with Gasteiger partial charge in [-0.25, -0.2) is 0 Å². The van der Waals surface area contributed by atoms with E-state index in [1.54, 1.807) is 24.3 Å².